The Balaban J connectivity index is 1.01. The van der Waals surface area contributed by atoms with Gasteiger partial charge >= 0.3 is 7.82 Å². The molecule has 10 aromatic rings. The van der Waals surface area contributed by atoms with E-state index in [2.05, 4.69) is 0 Å². The topological polar surface area (TPSA) is 185 Å². The lowest BCUT2D eigenvalue weighted by Crippen LogP contribution is -2.49. The van der Waals surface area contributed by atoms with Crippen LogP contribution in [0.1, 0.15) is 55.6 Å². The summed E-state index contributed by atoms with van der Waals surface area (Å²) in [4.78, 5) is 0. The average molecular weight is 1540 g/mol. The van der Waals surface area contributed by atoms with Crippen LogP contribution in [-0.2, 0) is 146 Å². The van der Waals surface area contributed by atoms with Crippen LogP contribution in [0.2, 0.25) is 0 Å². The van der Waals surface area contributed by atoms with Crippen LogP contribution in [0.4, 0.5) is 8.78 Å². The quantitative estimate of drug-likeness (QED) is 0.0355. The molecule has 0 amide bonds. The molecule has 0 spiro atoms. The van der Waals surface area contributed by atoms with E-state index in [0.717, 1.165) is 50.1 Å². The number of methoxy groups -OCH3 is 2. The molecule has 0 aliphatic rings. The lowest BCUT2D eigenvalue weighted by Gasteiger charge is -2.36. The molecular formula is C90H101F2O18P. The van der Waals surface area contributed by atoms with E-state index >= 15 is 13.3 Å². The third-order valence-electron chi connectivity index (χ3n) is 18.1. The van der Waals surface area contributed by atoms with Crippen LogP contribution in [0.3, 0.4) is 0 Å². The Bertz CT molecular complexity index is 4080. The van der Waals surface area contributed by atoms with Crippen LogP contribution in [0.25, 0.3) is 0 Å². The summed E-state index contributed by atoms with van der Waals surface area (Å²) in [5.41, 5.74) is 7.67. The van der Waals surface area contributed by atoms with Crippen LogP contribution < -0.4 is 0 Å². The number of aliphatic hydroxyl groups excluding tert-OH is 1. The van der Waals surface area contributed by atoms with Crippen molar-refractivity contribution in [1.29, 1.82) is 0 Å². The summed E-state index contributed by atoms with van der Waals surface area (Å²) >= 11 is 0. The van der Waals surface area contributed by atoms with Gasteiger partial charge in [-0.05, 0) is 55.6 Å². The number of hydrogen-bond donors (Lipinski definition) is 1. The number of ether oxygens (including phenoxy) is 13. The summed E-state index contributed by atoms with van der Waals surface area (Å²) in [5, 5.41) is 11.3. The maximum absolute atomic E-state index is 18.6. The summed E-state index contributed by atoms with van der Waals surface area (Å²) in [7, 11) is -2.44. The lowest BCUT2D eigenvalue weighted by atomic mass is 10.1. The van der Waals surface area contributed by atoms with Crippen LogP contribution in [0.15, 0.2) is 303 Å². The molecule has 10 aromatic carbocycles. The van der Waals surface area contributed by atoms with E-state index in [9.17, 15) is 5.11 Å². The predicted molar refractivity (Wildman–Crippen MR) is 417 cm³/mol. The van der Waals surface area contributed by atoms with Crippen LogP contribution in [0, 0.1) is 0 Å². The molecule has 0 radical (unpaired) electrons. The molecule has 0 aliphatic heterocycles. The Hall–Kier alpha value is -8.39. The van der Waals surface area contributed by atoms with E-state index in [1.165, 1.54) is 14.2 Å². The van der Waals surface area contributed by atoms with Gasteiger partial charge in [0.1, 0.15) is 54.9 Å². The monoisotopic (exact) mass is 1540 g/mol. The molecule has 0 heterocycles. The second-order valence-electron chi connectivity index (χ2n) is 26.3. The zero-order valence-corrected chi connectivity index (χ0v) is 63.6. The van der Waals surface area contributed by atoms with Gasteiger partial charge in [0, 0.05) is 14.2 Å². The number of aliphatic hydroxyl groups is 1. The summed E-state index contributed by atoms with van der Waals surface area (Å²) in [6.07, 6.45) is -17.7. The number of halogens is 2. The molecule has 0 saturated carbocycles. The van der Waals surface area contributed by atoms with E-state index in [-0.39, 0.29) is 79.3 Å². The van der Waals surface area contributed by atoms with Crippen molar-refractivity contribution in [2.24, 2.45) is 0 Å². The van der Waals surface area contributed by atoms with E-state index < -0.39 is 108 Å². The third-order valence-corrected chi connectivity index (χ3v) is 19.5. The third kappa shape index (κ3) is 29.9. The molecular weight excluding hydrogens is 1440 g/mol. The highest BCUT2D eigenvalue weighted by atomic mass is 31.2. The van der Waals surface area contributed by atoms with Gasteiger partial charge in [0.25, 0.3) is 0 Å². The smallest absolute Gasteiger partial charge is 0.394 e. The molecule has 0 aliphatic carbocycles. The maximum Gasteiger partial charge on any atom is 0.475 e. The molecule has 10 rings (SSSR count). The Morgan fingerprint density at radius 2 is 0.505 bits per heavy atom. The Morgan fingerprint density at radius 3 is 0.811 bits per heavy atom. The summed E-state index contributed by atoms with van der Waals surface area (Å²) in [5.74, 6) is 0. The number of phosphoric ester groups is 1. The van der Waals surface area contributed by atoms with Crippen molar-refractivity contribution in [3.8, 4) is 0 Å². The molecule has 13 atom stereocenters. The molecule has 0 bridgehead atoms. The first-order valence-corrected chi connectivity index (χ1v) is 38.7. The zero-order chi connectivity index (χ0) is 77.2. The molecule has 21 heteroatoms. The van der Waals surface area contributed by atoms with Gasteiger partial charge in [-0.1, -0.05) is 303 Å². The summed E-state index contributed by atoms with van der Waals surface area (Å²) in [6.45, 7) is -2.82. The van der Waals surface area contributed by atoms with Crippen molar-refractivity contribution in [3.05, 3.63) is 359 Å². The first kappa shape index (κ1) is 85.0. The molecule has 0 fully saturated rings. The Kier molecular flexibility index (Phi) is 37.2. The van der Waals surface area contributed by atoms with Crippen molar-refractivity contribution < 1.29 is 93.6 Å². The normalized spacial score (nSPS) is 15.5. The second kappa shape index (κ2) is 48.5. The minimum Gasteiger partial charge on any atom is -0.394 e. The standard InChI is InChI=1S/C90H101F2O18P/c1-95-80(64-97-54-69-33-13-3-14-34-69)87(105-62-77-49-29-11-30-50-77)89(91)106-67-83(101-58-73-41-21-7-22-42-73)86(104-61-76-47-27-10-28-48-76)84(102-59-74-43-23-8-24-44-74)68-109-111(94,108-63-78-51-31-12-32-52-78)110-88(81(96-2)65-98-55-70-35-15-4-16-36-70)90(92)107-66-82(100-57-72-39-19-6-20-40-72)85(103-60-75-45-25-9-26-46-75)79(53-93)99-56-71-37-17-5-18-38-71/h3-52,79-90,93H,53-68H2,1-2H3. The minimum atomic E-state index is -5.23. The van der Waals surface area contributed by atoms with Gasteiger partial charge in [-0.15, -0.1) is 0 Å². The van der Waals surface area contributed by atoms with Gasteiger partial charge in [0.15, 0.2) is 6.10 Å². The highest BCUT2D eigenvalue weighted by Gasteiger charge is 2.45. The van der Waals surface area contributed by atoms with Crippen molar-refractivity contribution >= 4 is 7.82 Å². The van der Waals surface area contributed by atoms with Crippen LogP contribution in [0.5, 0.6) is 0 Å². The first-order chi connectivity index (χ1) is 54.6. The van der Waals surface area contributed by atoms with Crippen LogP contribution >= 0.6 is 7.82 Å². The van der Waals surface area contributed by atoms with E-state index in [1.54, 1.807) is 24.3 Å². The molecule has 111 heavy (non-hydrogen) atoms. The largest absolute Gasteiger partial charge is 0.475 e. The van der Waals surface area contributed by atoms with E-state index in [4.69, 9.17) is 75.2 Å². The highest BCUT2D eigenvalue weighted by Crippen LogP contribution is 2.53. The SMILES string of the molecule is COC(COCc1ccccc1)C(OCc1ccccc1)C(F)OCC(OCc1ccccc1)C(OCc1ccccc1)C(COP(=O)(OCc1ccccc1)OC(C(F)OCC(OCc1ccccc1)C(OCc1ccccc1)C(CO)OCc1ccccc1)C(COCc1ccccc1)OC)OCc1ccccc1. The fourth-order valence-corrected chi connectivity index (χ4v) is 13.3. The second-order valence-corrected chi connectivity index (χ2v) is 27.9. The zero-order valence-electron chi connectivity index (χ0n) is 62.7. The Labute approximate surface area is 650 Å². The van der Waals surface area contributed by atoms with Gasteiger partial charge in [-0.2, -0.15) is 0 Å². The van der Waals surface area contributed by atoms with Gasteiger partial charge in [0.2, 0.25) is 12.7 Å². The lowest BCUT2D eigenvalue weighted by molar-refractivity contribution is -0.221. The average Bonchev–Trinajstić information content (AvgIpc) is 0.820. The van der Waals surface area contributed by atoms with Gasteiger partial charge in [0.05, 0.1) is 106 Å². The molecule has 0 saturated heterocycles. The van der Waals surface area contributed by atoms with Crippen molar-refractivity contribution in [3.63, 3.8) is 0 Å². The first-order valence-electron chi connectivity index (χ1n) is 37.2. The number of alkyl halides is 2. The summed E-state index contributed by atoms with van der Waals surface area (Å²) in [6, 6.07) is 93.5. The van der Waals surface area contributed by atoms with Gasteiger partial charge in [-0.3, -0.25) is 13.6 Å². The van der Waals surface area contributed by atoms with Crippen molar-refractivity contribution in [2.75, 3.05) is 53.9 Å². The van der Waals surface area contributed by atoms with E-state index in [0.29, 0.717) is 5.56 Å². The minimum absolute atomic E-state index is 0.00186. The van der Waals surface area contributed by atoms with Gasteiger partial charge < -0.3 is 66.7 Å². The number of hydrogen-bond acceptors (Lipinski definition) is 18. The van der Waals surface area contributed by atoms with Gasteiger partial charge in [-0.25, -0.2) is 13.3 Å². The number of benzene rings is 10. The van der Waals surface area contributed by atoms with Crippen molar-refractivity contribution in [1.82, 2.24) is 0 Å². The maximum atomic E-state index is 18.6. The Morgan fingerprint density at radius 1 is 0.261 bits per heavy atom. The van der Waals surface area contributed by atoms with Crippen LogP contribution in [-0.4, -0.2) is 133 Å². The molecule has 0 aromatic heterocycles. The molecule has 588 valence electrons. The van der Waals surface area contributed by atoms with Crippen molar-refractivity contribution in [2.45, 2.75) is 140 Å². The number of phosphoric acid groups is 1. The fourth-order valence-electron chi connectivity index (χ4n) is 12.0. The predicted octanol–water partition coefficient (Wildman–Crippen LogP) is 16.9. The van der Waals surface area contributed by atoms with E-state index in [1.807, 2.05) is 279 Å². The molecule has 18 nitrogen and oxygen atoms in total. The fraction of sp³-hybridized carbons (Fsp3) is 0.333. The molecule has 1 N–H and O–H groups in total. The highest BCUT2D eigenvalue weighted by molar-refractivity contribution is 7.48. The summed E-state index contributed by atoms with van der Waals surface area (Å²) < 4.78 is 157. The molecule has 13 unspecified atom stereocenters. The number of rotatable bonds is 54.